The molecule has 1 aromatic carbocycles. The van der Waals surface area contributed by atoms with Gasteiger partial charge in [0.05, 0.1) is 10.7 Å². The SMILES string of the molecule is CCCCN=Cc1c(O)n(-c2ccc(F)c(Cl)c2)c(=S)[nH]c1=O. The summed E-state index contributed by atoms with van der Waals surface area (Å²) in [5, 5.41) is 10.3. The lowest BCUT2D eigenvalue weighted by molar-refractivity contribution is 0.432. The third-order valence-corrected chi connectivity index (χ3v) is 3.72. The van der Waals surface area contributed by atoms with Crippen LogP contribution in [0.3, 0.4) is 0 Å². The molecule has 5 nitrogen and oxygen atoms in total. The number of hydrogen-bond acceptors (Lipinski definition) is 4. The molecule has 0 spiro atoms. The Hall–Kier alpha value is -1.99. The number of unbranched alkanes of at least 4 members (excludes halogenated alkanes) is 1. The van der Waals surface area contributed by atoms with Crippen molar-refractivity contribution < 1.29 is 9.50 Å². The topological polar surface area (TPSA) is 70.4 Å². The zero-order valence-corrected chi connectivity index (χ0v) is 13.9. The molecule has 23 heavy (non-hydrogen) atoms. The summed E-state index contributed by atoms with van der Waals surface area (Å²) >= 11 is 10.8. The highest BCUT2D eigenvalue weighted by Crippen LogP contribution is 2.23. The van der Waals surface area contributed by atoms with Crippen LogP contribution in [0.4, 0.5) is 4.39 Å². The number of aromatic hydroxyl groups is 1. The van der Waals surface area contributed by atoms with Crippen LogP contribution in [0.2, 0.25) is 5.02 Å². The number of hydrogen-bond donors (Lipinski definition) is 2. The maximum atomic E-state index is 13.3. The predicted molar refractivity (Wildman–Crippen MR) is 91.2 cm³/mol. The van der Waals surface area contributed by atoms with Crippen molar-refractivity contribution in [2.24, 2.45) is 4.99 Å². The second-order valence-electron chi connectivity index (χ2n) is 4.82. The lowest BCUT2D eigenvalue weighted by Gasteiger charge is -2.11. The average molecular weight is 356 g/mol. The van der Waals surface area contributed by atoms with Crippen molar-refractivity contribution in [1.82, 2.24) is 9.55 Å². The molecule has 0 aliphatic rings. The highest BCUT2D eigenvalue weighted by atomic mass is 35.5. The van der Waals surface area contributed by atoms with Crippen LogP contribution in [0.1, 0.15) is 25.3 Å². The van der Waals surface area contributed by atoms with E-state index in [4.69, 9.17) is 23.8 Å². The van der Waals surface area contributed by atoms with E-state index in [0.717, 1.165) is 18.9 Å². The zero-order chi connectivity index (χ0) is 17.0. The molecule has 0 atom stereocenters. The van der Waals surface area contributed by atoms with Gasteiger partial charge in [-0.25, -0.2) is 4.39 Å². The first-order chi connectivity index (χ1) is 11.0. The standard InChI is InChI=1S/C15H15ClFN3O2S/c1-2-3-6-18-8-10-13(21)19-15(23)20(14(10)22)9-4-5-12(17)11(16)7-9/h4-5,7-8,22H,2-3,6H2,1H3,(H,19,21,23). The summed E-state index contributed by atoms with van der Waals surface area (Å²) in [6, 6.07) is 3.86. The Balaban J connectivity index is 2.56. The quantitative estimate of drug-likeness (QED) is 0.489. The summed E-state index contributed by atoms with van der Waals surface area (Å²) in [7, 11) is 0. The second-order valence-corrected chi connectivity index (χ2v) is 5.61. The summed E-state index contributed by atoms with van der Waals surface area (Å²) in [4.78, 5) is 18.5. The van der Waals surface area contributed by atoms with Crippen LogP contribution in [0.25, 0.3) is 5.69 Å². The largest absolute Gasteiger partial charge is 0.494 e. The Labute approximate surface area is 142 Å². The number of H-pyrrole nitrogens is 1. The lowest BCUT2D eigenvalue weighted by atomic mass is 10.2. The molecule has 0 fully saturated rings. The highest BCUT2D eigenvalue weighted by molar-refractivity contribution is 7.71. The summed E-state index contributed by atoms with van der Waals surface area (Å²) in [5.74, 6) is -0.964. The average Bonchev–Trinajstić information content (AvgIpc) is 2.49. The molecule has 1 heterocycles. The molecule has 2 aromatic rings. The van der Waals surface area contributed by atoms with Gasteiger partial charge in [0.1, 0.15) is 11.4 Å². The van der Waals surface area contributed by atoms with Crippen LogP contribution in [0, 0.1) is 10.6 Å². The smallest absolute Gasteiger partial charge is 0.264 e. The Bertz CT molecular complexity index is 861. The van der Waals surface area contributed by atoms with Crippen LogP contribution in [-0.2, 0) is 0 Å². The van der Waals surface area contributed by atoms with Crippen molar-refractivity contribution in [3.63, 3.8) is 0 Å². The van der Waals surface area contributed by atoms with Crippen molar-refractivity contribution in [2.45, 2.75) is 19.8 Å². The van der Waals surface area contributed by atoms with Crippen LogP contribution in [0.5, 0.6) is 5.88 Å². The minimum Gasteiger partial charge on any atom is -0.494 e. The first-order valence-electron chi connectivity index (χ1n) is 6.99. The Morgan fingerprint density at radius 1 is 1.52 bits per heavy atom. The third-order valence-electron chi connectivity index (χ3n) is 3.14. The van der Waals surface area contributed by atoms with Gasteiger partial charge in [-0.1, -0.05) is 24.9 Å². The first-order valence-corrected chi connectivity index (χ1v) is 7.78. The van der Waals surface area contributed by atoms with Gasteiger partial charge in [0.15, 0.2) is 4.77 Å². The maximum Gasteiger partial charge on any atom is 0.264 e. The molecular weight excluding hydrogens is 341 g/mol. The van der Waals surface area contributed by atoms with Crippen molar-refractivity contribution in [2.75, 3.05) is 6.54 Å². The van der Waals surface area contributed by atoms with Crippen LogP contribution >= 0.6 is 23.8 Å². The summed E-state index contributed by atoms with van der Waals surface area (Å²) in [6.45, 7) is 2.57. The number of rotatable bonds is 5. The van der Waals surface area contributed by atoms with E-state index in [0.29, 0.717) is 12.2 Å². The zero-order valence-electron chi connectivity index (χ0n) is 12.3. The number of benzene rings is 1. The molecule has 0 unspecified atom stereocenters. The van der Waals surface area contributed by atoms with E-state index in [1.165, 1.54) is 22.9 Å². The van der Waals surface area contributed by atoms with E-state index in [1.54, 1.807) is 0 Å². The second kappa shape index (κ2) is 7.52. The fourth-order valence-corrected chi connectivity index (χ4v) is 2.38. The van der Waals surface area contributed by atoms with Gasteiger partial charge in [-0.3, -0.25) is 19.3 Å². The maximum absolute atomic E-state index is 13.3. The van der Waals surface area contributed by atoms with Crippen LogP contribution < -0.4 is 5.56 Å². The normalized spacial score (nSPS) is 11.3. The van der Waals surface area contributed by atoms with Gasteiger partial charge < -0.3 is 5.11 Å². The Morgan fingerprint density at radius 2 is 2.26 bits per heavy atom. The molecule has 0 saturated heterocycles. The van der Waals surface area contributed by atoms with Gasteiger partial charge in [-0.15, -0.1) is 0 Å². The number of aromatic amines is 1. The molecule has 122 valence electrons. The molecule has 0 aliphatic heterocycles. The van der Waals surface area contributed by atoms with Gasteiger partial charge in [-0.05, 0) is 36.8 Å². The highest BCUT2D eigenvalue weighted by Gasteiger charge is 2.13. The van der Waals surface area contributed by atoms with Crippen molar-refractivity contribution >= 4 is 30.0 Å². The van der Waals surface area contributed by atoms with Crippen molar-refractivity contribution in [3.05, 3.63) is 49.7 Å². The fourth-order valence-electron chi connectivity index (χ4n) is 1.92. The van der Waals surface area contributed by atoms with E-state index in [2.05, 4.69) is 9.98 Å². The Morgan fingerprint density at radius 3 is 2.91 bits per heavy atom. The summed E-state index contributed by atoms with van der Waals surface area (Å²) < 4.78 is 14.5. The fraction of sp³-hybridized carbons (Fsp3) is 0.267. The van der Waals surface area contributed by atoms with Crippen LogP contribution in [0.15, 0.2) is 28.0 Å². The van der Waals surface area contributed by atoms with Crippen LogP contribution in [-0.4, -0.2) is 27.4 Å². The van der Waals surface area contributed by atoms with E-state index >= 15 is 0 Å². The molecule has 1 aromatic heterocycles. The third kappa shape index (κ3) is 3.86. The molecule has 0 saturated carbocycles. The molecule has 0 bridgehead atoms. The molecule has 2 rings (SSSR count). The first kappa shape index (κ1) is 17.4. The molecule has 0 aliphatic carbocycles. The monoisotopic (exact) mass is 355 g/mol. The number of nitrogens with zero attached hydrogens (tertiary/aromatic N) is 2. The summed E-state index contributed by atoms with van der Waals surface area (Å²) in [6.07, 6.45) is 3.15. The number of aromatic nitrogens is 2. The van der Waals surface area contributed by atoms with Crippen molar-refractivity contribution in [1.29, 1.82) is 0 Å². The minimum absolute atomic E-state index is 0.0184. The molecule has 0 radical (unpaired) electrons. The van der Waals surface area contributed by atoms with E-state index in [-0.39, 0.29) is 21.2 Å². The van der Waals surface area contributed by atoms with Gasteiger partial charge >= 0.3 is 0 Å². The van der Waals surface area contributed by atoms with E-state index < -0.39 is 11.4 Å². The number of halogens is 2. The van der Waals surface area contributed by atoms with Gasteiger partial charge in [-0.2, -0.15) is 0 Å². The molecule has 2 N–H and O–H groups in total. The minimum atomic E-state index is -0.591. The number of nitrogens with one attached hydrogen (secondary N) is 1. The Kier molecular flexibility index (Phi) is 5.68. The number of aliphatic imine (C=N–C) groups is 1. The summed E-state index contributed by atoms with van der Waals surface area (Å²) in [5.41, 5.74) is -0.231. The predicted octanol–water partition coefficient (Wildman–Crippen LogP) is 3.61. The van der Waals surface area contributed by atoms with Gasteiger partial charge in [0, 0.05) is 12.8 Å². The van der Waals surface area contributed by atoms with Crippen molar-refractivity contribution in [3.8, 4) is 11.6 Å². The van der Waals surface area contributed by atoms with E-state index in [9.17, 15) is 14.3 Å². The van der Waals surface area contributed by atoms with Gasteiger partial charge in [0.25, 0.3) is 5.56 Å². The lowest BCUT2D eigenvalue weighted by Crippen LogP contribution is -2.18. The van der Waals surface area contributed by atoms with Gasteiger partial charge in [0.2, 0.25) is 5.88 Å². The van der Waals surface area contributed by atoms with E-state index in [1.807, 2.05) is 6.92 Å². The molecular formula is C15H15ClFN3O2S. The molecule has 8 heteroatoms. The molecule has 0 amide bonds.